The molecule has 114 valence electrons. The Labute approximate surface area is 124 Å². The van der Waals surface area contributed by atoms with Gasteiger partial charge in [-0.05, 0) is 12.0 Å². The highest BCUT2D eigenvalue weighted by atomic mass is 16.3. The third-order valence-electron chi connectivity index (χ3n) is 3.88. The second-order valence-corrected chi connectivity index (χ2v) is 5.28. The first kappa shape index (κ1) is 15.4. The third-order valence-corrected chi connectivity index (χ3v) is 3.88. The fourth-order valence-corrected chi connectivity index (χ4v) is 2.44. The maximum atomic E-state index is 12.1. The minimum absolute atomic E-state index is 0.210. The Morgan fingerprint density at radius 3 is 2.76 bits per heavy atom. The number of nitrogens with one attached hydrogen (secondary N) is 1. The van der Waals surface area contributed by atoms with Gasteiger partial charge in [0.1, 0.15) is 5.52 Å². The molecule has 0 aliphatic carbocycles. The monoisotopic (exact) mass is 290 g/mol. The summed E-state index contributed by atoms with van der Waals surface area (Å²) in [6, 6.07) is 1.71. The fourth-order valence-electron chi connectivity index (χ4n) is 2.44. The molecule has 0 aliphatic heterocycles. The molecule has 2 aromatic rings. The molecule has 0 saturated carbocycles. The maximum Gasteiger partial charge on any atom is 0.253 e. The minimum Gasteiger partial charge on any atom is -0.391 e. The Bertz CT molecular complexity index is 619. The molecule has 6 heteroatoms. The number of fused-ring (bicyclic) bond motifs is 1. The molecule has 2 heterocycles. The summed E-state index contributed by atoms with van der Waals surface area (Å²) < 4.78 is 1.80. The number of aliphatic hydroxyl groups excluding tert-OH is 1. The van der Waals surface area contributed by atoms with Gasteiger partial charge in [-0.25, -0.2) is 9.97 Å². The first-order valence-corrected chi connectivity index (χ1v) is 7.30. The van der Waals surface area contributed by atoms with E-state index in [0.29, 0.717) is 11.1 Å². The number of aryl methyl sites for hydroxylation is 1. The summed E-state index contributed by atoms with van der Waals surface area (Å²) in [6.45, 7) is 4.34. The van der Waals surface area contributed by atoms with Crippen LogP contribution in [-0.2, 0) is 7.05 Å². The molecular weight excluding hydrogens is 268 g/mol. The molecule has 2 rings (SSSR count). The standard InChI is InChI=1S/C15H22N4O2/c1-4-10(5-2)13(20)8-17-15(21)11-6-12-14(16-7-11)19(3)9-18-12/h6-7,9-10,13,20H,4-5,8H2,1-3H3,(H,17,21). The molecule has 2 aromatic heterocycles. The number of aliphatic hydroxyl groups is 1. The number of aromatic nitrogens is 3. The average molecular weight is 290 g/mol. The van der Waals surface area contributed by atoms with Crippen molar-refractivity contribution in [3.05, 3.63) is 24.2 Å². The second-order valence-electron chi connectivity index (χ2n) is 5.28. The predicted molar refractivity (Wildman–Crippen MR) is 80.9 cm³/mol. The minimum atomic E-state index is -0.518. The van der Waals surface area contributed by atoms with Gasteiger partial charge in [0.15, 0.2) is 5.65 Å². The van der Waals surface area contributed by atoms with Gasteiger partial charge in [0.25, 0.3) is 5.91 Å². The van der Waals surface area contributed by atoms with Gasteiger partial charge in [-0.3, -0.25) is 4.79 Å². The molecule has 0 radical (unpaired) electrons. The number of pyridine rings is 1. The molecule has 0 spiro atoms. The number of hydrogen-bond acceptors (Lipinski definition) is 4. The van der Waals surface area contributed by atoms with Crippen molar-refractivity contribution >= 4 is 17.1 Å². The van der Waals surface area contributed by atoms with Gasteiger partial charge < -0.3 is 15.0 Å². The Morgan fingerprint density at radius 1 is 1.38 bits per heavy atom. The summed E-state index contributed by atoms with van der Waals surface area (Å²) >= 11 is 0. The summed E-state index contributed by atoms with van der Waals surface area (Å²) in [5, 5.41) is 12.8. The highest BCUT2D eigenvalue weighted by Crippen LogP contribution is 2.13. The summed E-state index contributed by atoms with van der Waals surface area (Å²) in [4.78, 5) is 20.5. The van der Waals surface area contributed by atoms with Gasteiger partial charge in [0, 0.05) is 19.8 Å². The quantitative estimate of drug-likeness (QED) is 0.845. The second kappa shape index (κ2) is 6.67. The Morgan fingerprint density at radius 2 is 2.10 bits per heavy atom. The summed E-state index contributed by atoms with van der Waals surface area (Å²) in [6.07, 6.45) is 4.47. The van der Waals surface area contributed by atoms with Gasteiger partial charge in [0.2, 0.25) is 0 Å². The molecule has 21 heavy (non-hydrogen) atoms. The van der Waals surface area contributed by atoms with Gasteiger partial charge in [-0.15, -0.1) is 0 Å². The van der Waals surface area contributed by atoms with E-state index in [1.807, 2.05) is 20.9 Å². The maximum absolute atomic E-state index is 12.1. The summed E-state index contributed by atoms with van der Waals surface area (Å²) in [7, 11) is 1.86. The number of amides is 1. The Kier molecular flexibility index (Phi) is 4.90. The molecule has 1 atom stereocenters. The summed E-state index contributed by atoms with van der Waals surface area (Å²) in [5.41, 5.74) is 1.88. The fraction of sp³-hybridized carbons (Fsp3) is 0.533. The number of carbonyl (C=O) groups is 1. The van der Waals surface area contributed by atoms with Gasteiger partial charge in [-0.2, -0.15) is 0 Å². The van der Waals surface area contributed by atoms with Gasteiger partial charge in [0.05, 0.1) is 18.0 Å². The first-order chi connectivity index (χ1) is 10.1. The van der Waals surface area contributed by atoms with Gasteiger partial charge in [-0.1, -0.05) is 26.7 Å². The lowest BCUT2D eigenvalue weighted by Gasteiger charge is -2.20. The Balaban J connectivity index is 2.02. The molecule has 0 bridgehead atoms. The molecule has 2 N–H and O–H groups in total. The van der Waals surface area contributed by atoms with E-state index in [2.05, 4.69) is 15.3 Å². The van der Waals surface area contributed by atoms with Gasteiger partial charge >= 0.3 is 0 Å². The number of nitrogens with zero attached hydrogens (tertiary/aromatic N) is 3. The molecule has 0 fully saturated rings. The van der Waals surface area contributed by atoms with Crippen LogP contribution >= 0.6 is 0 Å². The van der Waals surface area contributed by atoms with Crippen molar-refractivity contribution in [2.24, 2.45) is 13.0 Å². The molecule has 6 nitrogen and oxygen atoms in total. The summed E-state index contributed by atoms with van der Waals surface area (Å²) in [5.74, 6) is -0.0262. The van der Waals surface area contributed by atoms with Crippen molar-refractivity contribution in [2.45, 2.75) is 32.8 Å². The van der Waals surface area contributed by atoms with Crippen LogP contribution in [0.2, 0.25) is 0 Å². The largest absolute Gasteiger partial charge is 0.391 e. The average Bonchev–Trinajstić information content (AvgIpc) is 2.87. The van der Waals surface area contributed by atoms with E-state index in [1.54, 1.807) is 17.0 Å². The third kappa shape index (κ3) is 3.39. The number of hydrogen-bond donors (Lipinski definition) is 2. The van der Waals surface area contributed by atoms with Crippen LogP contribution in [-0.4, -0.2) is 38.2 Å². The normalized spacial score (nSPS) is 12.8. The molecule has 1 amide bonds. The van der Waals surface area contributed by atoms with Crippen molar-refractivity contribution < 1.29 is 9.90 Å². The molecule has 0 saturated heterocycles. The van der Waals surface area contributed by atoms with Crippen molar-refractivity contribution in [3.63, 3.8) is 0 Å². The van der Waals surface area contributed by atoms with Crippen LogP contribution in [0.15, 0.2) is 18.6 Å². The van der Waals surface area contributed by atoms with E-state index in [4.69, 9.17) is 0 Å². The SMILES string of the molecule is CCC(CC)C(O)CNC(=O)c1cnc2c(c1)ncn2C. The highest BCUT2D eigenvalue weighted by molar-refractivity contribution is 5.96. The predicted octanol–water partition coefficient (Wildman–Crippen LogP) is 1.50. The Hall–Kier alpha value is -1.95. The van der Waals surface area contributed by atoms with Crippen molar-refractivity contribution in [2.75, 3.05) is 6.54 Å². The van der Waals surface area contributed by atoms with E-state index in [9.17, 15) is 9.90 Å². The lowest BCUT2D eigenvalue weighted by atomic mass is 9.96. The van der Waals surface area contributed by atoms with Crippen molar-refractivity contribution in [3.8, 4) is 0 Å². The number of carbonyl (C=O) groups excluding carboxylic acids is 1. The number of rotatable bonds is 6. The van der Waals surface area contributed by atoms with E-state index in [1.165, 1.54) is 6.20 Å². The smallest absolute Gasteiger partial charge is 0.253 e. The zero-order valence-corrected chi connectivity index (χ0v) is 12.7. The van der Waals surface area contributed by atoms with Crippen LogP contribution in [0.25, 0.3) is 11.2 Å². The zero-order chi connectivity index (χ0) is 15.4. The molecular formula is C15H22N4O2. The van der Waals surface area contributed by atoms with Crippen LogP contribution < -0.4 is 5.32 Å². The van der Waals surface area contributed by atoms with Crippen LogP contribution in [0.5, 0.6) is 0 Å². The van der Waals surface area contributed by atoms with Crippen molar-refractivity contribution in [1.29, 1.82) is 0 Å². The van der Waals surface area contributed by atoms with E-state index < -0.39 is 6.10 Å². The van der Waals surface area contributed by atoms with E-state index >= 15 is 0 Å². The van der Waals surface area contributed by atoms with Crippen LogP contribution in [0.1, 0.15) is 37.0 Å². The van der Waals surface area contributed by atoms with Crippen molar-refractivity contribution in [1.82, 2.24) is 19.9 Å². The molecule has 0 aromatic carbocycles. The van der Waals surface area contributed by atoms with E-state index in [-0.39, 0.29) is 18.4 Å². The highest BCUT2D eigenvalue weighted by Gasteiger charge is 2.17. The van der Waals surface area contributed by atoms with E-state index in [0.717, 1.165) is 18.5 Å². The molecule has 0 aliphatic rings. The molecule has 1 unspecified atom stereocenters. The van der Waals surface area contributed by atoms with Crippen LogP contribution in [0.3, 0.4) is 0 Å². The lowest BCUT2D eigenvalue weighted by Crippen LogP contribution is -2.36. The van der Waals surface area contributed by atoms with Crippen LogP contribution in [0, 0.1) is 5.92 Å². The first-order valence-electron chi connectivity index (χ1n) is 7.30. The number of imidazole rings is 1. The van der Waals surface area contributed by atoms with Crippen LogP contribution in [0.4, 0.5) is 0 Å². The lowest BCUT2D eigenvalue weighted by molar-refractivity contribution is 0.0816. The zero-order valence-electron chi connectivity index (χ0n) is 12.7. The topological polar surface area (TPSA) is 80.0 Å².